The molecule has 0 amide bonds. The van der Waals surface area contributed by atoms with Gasteiger partial charge in [-0.15, -0.1) is 0 Å². The quantitative estimate of drug-likeness (QED) is 0.389. The van der Waals surface area contributed by atoms with E-state index in [1.807, 2.05) is 0 Å². The van der Waals surface area contributed by atoms with Gasteiger partial charge in [0.2, 0.25) is 0 Å². The van der Waals surface area contributed by atoms with Crippen molar-refractivity contribution in [3.05, 3.63) is 35.1 Å². The number of nitrogens with two attached hydrogens (primary N) is 1. The van der Waals surface area contributed by atoms with Crippen molar-refractivity contribution in [2.45, 2.75) is 13.0 Å². The van der Waals surface area contributed by atoms with E-state index in [0.29, 0.717) is 44.2 Å². The van der Waals surface area contributed by atoms with Gasteiger partial charge in [0.25, 0.3) is 0 Å². The molecule has 0 heterocycles. The van der Waals surface area contributed by atoms with Crippen LogP contribution in [0.2, 0.25) is 0 Å². The number of benzene rings is 1. The number of rotatable bonds is 10. The van der Waals surface area contributed by atoms with Crippen molar-refractivity contribution in [3.63, 3.8) is 0 Å². The summed E-state index contributed by atoms with van der Waals surface area (Å²) >= 11 is 0. The van der Waals surface area contributed by atoms with Gasteiger partial charge in [-0.1, -0.05) is 6.07 Å². The molecular weight excluding hydrogens is 263 g/mol. The van der Waals surface area contributed by atoms with Crippen LogP contribution in [0.3, 0.4) is 0 Å². The van der Waals surface area contributed by atoms with Crippen LogP contribution in [-0.4, -0.2) is 39.4 Å². The highest BCUT2D eigenvalue weighted by atomic mass is 19.1. The second kappa shape index (κ2) is 9.41. The molecule has 1 rings (SSSR count). The van der Waals surface area contributed by atoms with E-state index in [2.05, 4.69) is 0 Å². The summed E-state index contributed by atoms with van der Waals surface area (Å²) in [6.45, 7) is 2.59. The van der Waals surface area contributed by atoms with E-state index in [1.165, 1.54) is 12.1 Å². The Morgan fingerprint density at radius 2 is 1.95 bits per heavy atom. The van der Waals surface area contributed by atoms with Crippen LogP contribution in [0.1, 0.15) is 17.5 Å². The molecule has 5 nitrogen and oxygen atoms in total. The van der Waals surface area contributed by atoms with E-state index in [0.717, 1.165) is 6.42 Å². The molecule has 0 bridgehead atoms. The second-order valence-electron chi connectivity index (χ2n) is 4.23. The summed E-state index contributed by atoms with van der Waals surface area (Å²) < 4.78 is 28.7. The summed E-state index contributed by atoms with van der Waals surface area (Å²) in [5.41, 5.74) is 6.49. The molecule has 0 spiro atoms. The Labute approximate surface area is 118 Å². The van der Waals surface area contributed by atoms with Gasteiger partial charge in [0.05, 0.1) is 19.8 Å². The van der Waals surface area contributed by atoms with Crippen molar-refractivity contribution in [2.24, 2.45) is 5.73 Å². The molecule has 0 saturated carbocycles. The maximum absolute atomic E-state index is 13.1. The average Bonchev–Trinajstić information content (AvgIpc) is 2.43. The van der Waals surface area contributed by atoms with Gasteiger partial charge in [0, 0.05) is 25.9 Å². The fourth-order valence-electron chi connectivity index (χ4n) is 1.61. The zero-order valence-electron chi connectivity index (χ0n) is 11.7. The summed E-state index contributed by atoms with van der Waals surface area (Å²) in [6.07, 6.45) is 0.764. The Morgan fingerprint density at radius 1 is 1.20 bits per heavy atom. The first-order valence-corrected chi connectivity index (χ1v) is 6.42. The van der Waals surface area contributed by atoms with Crippen LogP contribution in [-0.2, 0) is 20.8 Å². The number of hydrogen-bond donors (Lipinski definition) is 2. The van der Waals surface area contributed by atoms with Crippen molar-refractivity contribution in [1.29, 1.82) is 5.41 Å². The lowest BCUT2D eigenvalue weighted by molar-refractivity contribution is 0.0483. The van der Waals surface area contributed by atoms with E-state index >= 15 is 0 Å². The number of halogens is 1. The molecule has 6 heteroatoms. The normalized spacial score (nSPS) is 10.7. The summed E-state index contributed by atoms with van der Waals surface area (Å²) in [7, 11) is 1.63. The molecule has 0 fully saturated rings. The lowest BCUT2D eigenvalue weighted by Crippen LogP contribution is -2.15. The zero-order chi connectivity index (χ0) is 14.8. The van der Waals surface area contributed by atoms with E-state index in [4.69, 9.17) is 25.4 Å². The van der Waals surface area contributed by atoms with Crippen molar-refractivity contribution < 1.29 is 18.6 Å². The Morgan fingerprint density at radius 3 is 2.65 bits per heavy atom. The highest BCUT2D eigenvalue weighted by molar-refractivity contribution is 5.96. The first-order chi connectivity index (χ1) is 9.65. The minimum atomic E-state index is -0.412. The van der Waals surface area contributed by atoms with E-state index in [-0.39, 0.29) is 5.84 Å². The van der Waals surface area contributed by atoms with E-state index in [9.17, 15) is 4.39 Å². The number of nitrogens with one attached hydrogen (secondary N) is 1. The number of hydrogen-bond acceptors (Lipinski definition) is 4. The molecule has 0 unspecified atom stereocenters. The summed E-state index contributed by atoms with van der Waals surface area (Å²) in [6, 6.07) is 4.16. The fourth-order valence-corrected chi connectivity index (χ4v) is 1.61. The summed E-state index contributed by atoms with van der Waals surface area (Å²) in [5.74, 6) is -0.573. The molecule has 0 saturated heterocycles. The maximum Gasteiger partial charge on any atom is 0.123 e. The van der Waals surface area contributed by atoms with Gasteiger partial charge in [-0.05, 0) is 24.1 Å². The van der Waals surface area contributed by atoms with Crippen LogP contribution in [0, 0.1) is 11.2 Å². The molecule has 0 radical (unpaired) electrons. The predicted molar refractivity (Wildman–Crippen MR) is 74.4 cm³/mol. The molecule has 3 N–H and O–H groups in total. The van der Waals surface area contributed by atoms with Crippen LogP contribution in [0.4, 0.5) is 4.39 Å². The topological polar surface area (TPSA) is 77.6 Å². The minimum Gasteiger partial charge on any atom is -0.384 e. The largest absolute Gasteiger partial charge is 0.384 e. The van der Waals surface area contributed by atoms with Crippen LogP contribution in [0.15, 0.2) is 18.2 Å². The molecule has 0 aliphatic rings. The molecule has 0 atom stereocenters. The number of nitrogen functional groups attached to an aromatic ring is 1. The van der Waals surface area contributed by atoms with Gasteiger partial charge >= 0.3 is 0 Å². The first-order valence-electron chi connectivity index (χ1n) is 6.42. The van der Waals surface area contributed by atoms with Crippen LogP contribution < -0.4 is 5.73 Å². The van der Waals surface area contributed by atoms with Crippen molar-refractivity contribution in [2.75, 3.05) is 33.5 Å². The summed E-state index contributed by atoms with van der Waals surface area (Å²) in [4.78, 5) is 0. The molecule has 0 aliphatic heterocycles. The first kappa shape index (κ1) is 16.6. The Bertz CT molecular complexity index is 427. The minimum absolute atomic E-state index is 0.161. The lowest BCUT2D eigenvalue weighted by Gasteiger charge is -2.09. The smallest absolute Gasteiger partial charge is 0.123 e. The molecule has 112 valence electrons. The number of amidine groups is 1. The highest BCUT2D eigenvalue weighted by Crippen LogP contribution is 2.12. The Kier molecular flexibility index (Phi) is 7.79. The molecule has 0 aliphatic carbocycles. The Hall–Kier alpha value is -1.50. The fraction of sp³-hybridized carbons (Fsp3) is 0.500. The standard InChI is InChI=1S/C14H21FN2O3/c1-18-7-8-19-5-2-6-20-10-11-3-4-12(15)9-13(11)14(16)17/h3-4,9H,2,5-8,10H2,1H3,(H3,16,17). The Balaban J connectivity index is 2.27. The third-order valence-corrected chi connectivity index (χ3v) is 2.63. The number of methoxy groups -OCH3 is 1. The van der Waals surface area contributed by atoms with Gasteiger partial charge < -0.3 is 19.9 Å². The van der Waals surface area contributed by atoms with Gasteiger partial charge in [-0.2, -0.15) is 0 Å². The SMILES string of the molecule is COCCOCCCOCc1ccc(F)cc1C(=N)N. The van der Waals surface area contributed by atoms with E-state index < -0.39 is 5.82 Å². The van der Waals surface area contributed by atoms with Crippen molar-refractivity contribution >= 4 is 5.84 Å². The third kappa shape index (κ3) is 6.10. The molecule has 20 heavy (non-hydrogen) atoms. The van der Waals surface area contributed by atoms with Crippen LogP contribution >= 0.6 is 0 Å². The number of ether oxygens (including phenoxy) is 3. The maximum atomic E-state index is 13.1. The zero-order valence-corrected chi connectivity index (χ0v) is 11.7. The summed E-state index contributed by atoms with van der Waals surface area (Å²) in [5, 5.41) is 7.41. The van der Waals surface area contributed by atoms with Gasteiger partial charge in [0.1, 0.15) is 11.7 Å². The van der Waals surface area contributed by atoms with E-state index in [1.54, 1.807) is 13.2 Å². The monoisotopic (exact) mass is 284 g/mol. The molecule has 0 aromatic heterocycles. The van der Waals surface area contributed by atoms with Crippen LogP contribution in [0.5, 0.6) is 0 Å². The van der Waals surface area contributed by atoms with Crippen LogP contribution in [0.25, 0.3) is 0 Å². The highest BCUT2D eigenvalue weighted by Gasteiger charge is 2.07. The second-order valence-corrected chi connectivity index (χ2v) is 4.23. The van der Waals surface area contributed by atoms with Crippen molar-refractivity contribution in [1.82, 2.24) is 0 Å². The van der Waals surface area contributed by atoms with Crippen molar-refractivity contribution in [3.8, 4) is 0 Å². The lowest BCUT2D eigenvalue weighted by atomic mass is 10.1. The average molecular weight is 284 g/mol. The van der Waals surface area contributed by atoms with Gasteiger partial charge in [-0.3, -0.25) is 5.41 Å². The predicted octanol–water partition coefficient (Wildman–Crippen LogP) is 1.68. The molecule has 1 aromatic rings. The molecule has 1 aromatic carbocycles. The van der Waals surface area contributed by atoms with Gasteiger partial charge in [0.15, 0.2) is 0 Å². The third-order valence-electron chi connectivity index (χ3n) is 2.63. The van der Waals surface area contributed by atoms with Gasteiger partial charge in [-0.25, -0.2) is 4.39 Å². The molecular formula is C14H21FN2O3.